The zero-order valence-corrected chi connectivity index (χ0v) is 12.7. The van der Waals surface area contributed by atoms with Gasteiger partial charge in [0, 0.05) is 12.6 Å². The average Bonchev–Trinajstić information content (AvgIpc) is 2.09. The minimum Gasteiger partial charge on any atom is -0.444 e. The molecule has 1 amide bonds. The standard InChI is InChI=1S/C15H28N2O2/c1-15(2,3)19-14(18)17-9-8-13(17)12(10-16-4)11-6-5-7-11/h11-13,16H,5-10H2,1-4H3. The van der Waals surface area contributed by atoms with Gasteiger partial charge in [-0.1, -0.05) is 19.3 Å². The van der Waals surface area contributed by atoms with Gasteiger partial charge in [0.1, 0.15) is 5.60 Å². The molecular weight excluding hydrogens is 240 g/mol. The molecule has 1 aliphatic heterocycles. The molecule has 2 fully saturated rings. The van der Waals surface area contributed by atoms with Crippen LogP contribution in [0.15, 0.2) is 0 Å². The van der Waals surface area contributed by atoms with E-state index in [0.717, 1.165) is 25.4 Å². The van der Waals surface area contributed by atoms with Crippen LogP contribution in [0.2, 0.25) is 0 Å². The van der Waals surface area contributed by atoms with Crippen LogP contribution in [0.5, 0.6) is 0 Å². The number of hydrogen-bond acceptors (Lipinski definition) is 3. The van der Waals surface area contributed by atoms with E-state index in [1.807, 2.05) is 32.7 Å². The quantitative estimate of drug-likeness (QED) is 0.852. The minimum atomic E-state index is -0.397. The fourth-order valence-corrected chi connectivity index (χ4v) is 3.12. The molecule has 19 heavy (non-hydrogen) atoms. The topological polar surface area (TPSA) is 41.6 Å². The summed E-state index contributed by atoms with van der Waals surface area (Å²) < 4.78 is 5.50. The van der Waals surface area contributed by atoms with Crippen LogP contribution < -0.4 is 5.32 Å². The predicted octanol–water partition coefficient (Wildman–Crippen LogP) is 2.63. The Bertz CT molecular complexity index is 321. The number of likely N-dealkylation sites (tertiary alicyclic amines) is 1. The summed E-state index contributed by atoms with van der Waals surface area (Å²) in [6.07, 6.45) is 4.99. The molecule has 110 valence electrons. The van der Waals surface area contributed by atoms with Crippen LogP contribution in [-0.4, -0.2) is 42.8 Å². The van der Waals surface area contributed by atoms with Gasteiger partial charge in [0.2, 0.25) is 0 Å². The highest BCUT2D eigenvalue weighted by Gasteiger charge is 2.43. The highest BCUT2D eigenvalue weighted by atomic mass is 16.6. The van der Waals surface area contributed by atoms with Crippen molar-refractivity contribution in [2.45, 2.75) is 58.1 Å². The van der Waals surface area contributed by atoms with E-state index in [4.69, 9.17) is 4.74 Å². The zero-order valence-electron chi connectivity index (χ0n) is 12.7. The maximum Gasteiger partial charge on any atom is 0.410 e. The van der Waals surface area contributed by atoms with Gasteiger partial charge in [-0.15, -0.1) is 0 Å². The lowest BCUT2D eigenvalue weighted by molar-refractivity contribution is -0.0312. The number of carbonyl (C=O) groups is 1. The molecule has 2 rings (SSSR count). The third-order valence-corrected chi connectivity index (χ3v) is 4.38. The molecule has 0 aromatic heterocycles. The van der Waals surface area contributed by atoms with E-state index in [1.165, 1.54) is 19.3 Å². The van der Waals surface area contributed by atoms with Crippen molar-refractivity contribution in [1.29, 1.82) is 0 Å². The third kappa shape index (κ3) is 3.41. The van der Waals surface area contributed by atoms with Gasteiger partial charge in [0.15, 0.2) is 0 Å². The van der Waals surface area contributed by atoms with E-state index in [2.05, 4.69) is 5.32 Å². The molecule has 1 aliphatic carbocycles. The molecule has 1 saturated heterocycles. The molecule has 0 bridgehead atoms. The number of nitrogens with one attached hydrogen (secondary N) is 1. The van der Waals surface area contributed by atoms with Gasteiger partial charge < -0.3 is 15.0 Å². The maximum absolute atomic E-state index is 12.2. The second-order valence-corrected chi connectivity index (χ2v) is 6.94. The van der Waals surface area contributed by atoms with Crippen molar-refractivity contribution >= 4 is 6.09 Å². The summed E-state index contributed by atoms with van der Waals surface area (Å²) in [5.74, 6) is 1.39. The Morgan fingerprint density at radius 1 is 1.37 bits per heavy atom. The normalized spacial score (nSPS) is 25.5. The van der Waals surface area contributed by atoms with Gasteiger partial charge in [-0.05, 0) is 52.6 Å². The summed E-state index contributed by atoms with van der Waals surface area (Å²) >= 11 is 0. The molecule has 4 heteroatoms. The van der Waals surface area contributed by atoms with Gasteiger partial charge >= 0.3 is 6.09 Å². The third-order valence-electron chi connectivity index (χ3n) is 4.38. The molecule has 2 atom stereocenters. The Hall–Kier alpha value is -0.770. The van der Waals surface area contributed by atoms with E-state index in [1.54, 1.807) is 0 Å². The Balaban J connectivity index is 1.93. The fourth-order valence-electron chi connectivity index (χ4n) is 3.12. The molecule has 1 heterocycles. The first kappa shape index (κ1) is 14.6. The smallest absolute Gasteiger partial charge is 0.410 e. The lowest BCUT2D eigenvalue weighted by Crippen LogP contribution is -2.59. The summed E-state index contributed by atoms with van der Waals surface area (Å²) in [5.41, 5.74) is -0.397. The number of amides is 1. The molecule has 0 radical (unpaired) electrons. The molecule has 0 aromatic rings. The van der Waals surface area contributed by atoms with Crippen LogP contribution in [-0.2, 0) is 4.74 Å². The number of nitrogens with zero attached hydrogens (tertiary/aromatic N) is 1. The number of hydrogen-bond donors (Lipinski definition) is 1. The molecule has 4 nitrogen and oxygen atoms in total. The summed E-state index contributed by atoms with van der Waals surface area (Å²) in [7, 11) is 2.00. The van der Waals surface area contributed by atoms with Crippen LogP contribution in [0.1, 0.15) is 46.5 Å². The predicted molar refractivity (Wildman–Crippen MR) is 76.1 cm³/mol. The van der Waals surface area contributed by atoms with Crippen molar-refractivity contribution in [2.24, 2.45) is 11.8 Å². The monoisotopic (exact) mass is 268 g/mol. The van der Waals surface area contributed by atoms with Gasteiger partial charge in [-0.3, -0.25) is 0 Å². The highest BCUT2D eigenvalue weighted by molar-refractivity contribution is 5.69. The van der Waals surface area contributed by atoms with Crippen LogP contribution >= 0.6 is 0 Å². The first-order valence-electron chi connectivity index (χ1n) is 7.56. The van der Waals surface area contributed by atoms with E-state index >= 15 is 0 Å². The zero-order chi connectivity index (χ0) is 14.0. The average molecular weight is 268 g/mol. The van der Waals surface area contributed by atoms with E-state index in [-0.39, 0.29) is 6.09 Å². The first-order chi connectivity index (χ1) is 8.92. The van der Waals surface area contributed by atoms with Crippen LogP contribution in [0.4, 0.5) is 4.79 Å². The largest absolute Gasteiger partial charge is 0.444 e. The molecule has 1 N–H and O–H groups in total. The fraction of sp³-hybridized carbons (Fsp3) is 0.933. The number of carbonyl (C=O) groups excluding carboxylic acids is 1. The SMILES string of the molecule is CNCC(C1CCC1)C1CCN1C(=O)OC(C)(C)C. The van der Waals surface area contributed by atoms with Crippen molar-refractivity contribution < 1.29 is 9.53 Å². The summed E-state index contributed by atoms with van der Waals surface area (Å²) in [5, 5.41) is 3.29. The molecule has 0 spiro atoms. The Morgan fingerprint density at radius 2 is 2.05 bits per heavy atom. The second kappa shape index (κ2) is 5.70. The lowest BCUT2D eigenvalue weighted by atomic mass is 9.70. The van der Waals surface area contributed by atoms with Crippen molar-refractivity contribution in [2.75, 3.05) is 20.1 Å². The summed E-state index contributed by atoms with van der Waals surface area (Å²) in [6, 6.07) is 0.382. The van der Waals surface area contributed by atoms with Crippen molar-refractivity contribution in [1.82, 2.24) is 10.2 Å². The van der Waals surface area contributed by atoms with Gasteiger partial charge in [0.05, 0.1) is 0 Å². The van der Waals surface area contributed by atoms with Crippen molar-refractivity contribution in [3.8, 4) is 0 Å². The van der Waals surface area contributed by atoms with E-state index in [0.29, 0.717) is 12.0 Å². The van der Waals surface area contributed by atoms with Crippen molar-refractivity contribution in [3.05, 3.63) is 0 Å². The van der Waals surface area contributed by atoms with E-state index < -0.39 is 5.60 Å². The van der Waals surface area contributed by atoms with Gasteiger partial charge in [0.25, 0.3) is 0 Å². The number of rotatable bonds is 4. The minimum absolute atomic E-state index is 0.135. The highest BCUT2D eigenvalue weighted by Crippen LogP contribution is 2.40. The Morgan fingerprint density at radius 3 is 2.42 bits per heavy atom. The summed E-state index contributed by atoms with van der Waals surface area (Å²) in [4.78, 5) is 14.1. The maximum atomic E-state index is 12.2. The Labute approximate surface area is 116 Å². The van der Waals surface area contributed by atoms with Crippen LogP contribution in [0, 0.1) is 11.8 Å². The van der Waals surface area contributed by atoms with Gasteiger partial charge in [-0.25, -0.2) is 4.79 Å². The van der Waals surface area contributed by atoms with Crippen molar-refractivity contribution in [3.63, 3.8) is 0 Å². The molecule has 2 unspecified atom stereocenters. The summed E-state index contributed by atoms with van der Waals surface area (Å²) in [6.45, 7) is 7.64. The van der Waals surface area contributed by atoms with Gasteiger partial charge in [-0.2, -0.15) is 0 Å². The Kier molecular flexibility index (Phi) is 4.39. The van der Waals surface area contributed by atoms with E-state index in [9.17, 15) is 4.79 Å². The molecule has 2 aliphatic rings. The number of ether oxygens (including phenoxy) is 1. The van der Waals surface area contributed by atoms with Crippen LogP contribution in [0.3, 0.4) is 0 Å². The molecular formula is C15H28N2O2. The lowest BCUT2D eigenvalue weighted by Gasteiger charge is -2.49. The molecule has 1 saturated carbocycles. The second-order valence-electron chi connectivity index (χ2n) is 6.94. The van der Waals surface area contributed by atoms with Crippen LogP contribution in [0.25, 0.3) is 0 Å². The first-order valence-corrected chi connectivity index (χ1v) is 7.56. The molecule has 0 aromatic carbocycles.